The van der Waals surface area contributed by atoms with Gasteiger partial charge < -0.3 is 0 Å². The molecule has 0 saturated heterocycles. The zero-order chi connectivity index (χ0) is 10.7. The van der Waals surface area contributed by atoms with Gasteiger partial charge in [-0.1, -0.05) is 31.5 Å². The van der Waals surface area contributed by atoms with Crippen LogP contribution < -0.4 is 0 Å². The van der Waals surface area contributed by atoms with Gasteiger partial charge in [-0.15, -0.1) is 0 Å². The van der Waals surface area contributed by atoms with Crippen molar-refractivity contribution in [3.05, 3.63) is 34.6 Å². The van der Waals surface area contributed by atoms with Gasteiger partial charge >= 0.3 is 0 Å². The van der Waals surface area contributed by atoms with Crippen LogP contribution in [0.4, 0.5) is 4.39 Å². The Kier molecular flexibility index (Phi) is 3.64. The van der Waals surface area contributed by atoms with Crippen LogP contribution >= 0.6 is 11.6 Å². The molecule has 3 heteroatoms. The summed E-state index contributed by atoms with van der Waals surface area (Å²) in [7, 11) is 0. The van der Waals surface area contributed by atoms with E-state index in [0.717, 1.165) is 0 Å². The van der Waals surface area contributed by atoms with Crippen molar-refractivity contribution in [3.63, 3.8) is 0 Å². The van der Waals surface area contributed by atoms with Crippen molar-refractivity contribution in [3.8, 4) is 0 Å². The Bertz CT molecular complexity index is 349. The number of rotatable bonds is 3. The topological polar surface area (TPSA) is 17.1 Å². The fourth-order valence-corrected chi connectivity index (χ4v) is 1.66. The Hall–Kier alpha value is -0.890. The number of hydrogen-bond acceptors (Lipinski definition) is 1. The minimum Gasteiger partial charge on any atom is -0.299 e. The van der Waals surface area contributed by atoms with Gasteiger partial charge in [0.2, 0.25) is 0 Å². The smallest absolute Gasteiger partial charge is 0.139 e. The lowest BCUT2D eigenvalue weighted by atomic mass is 9.95. The average Bonchev–Trinajstić information content (AvgIpc) is 2.15. The van der Waals surface area contributed by atoms with E-state index in [4.69, 9.17) is 11.6 Å². The van der Waals surface area contributed by atoms with E-state index in [0.29, 0.717) is 17.0 Å². The summed E-state index contributed by atoms with van der Waals surface area (Å²) in [5.74, 6) is -0.526. The number of carbonyl (C=O) groups is 1. The molecule has 1 nitrogen and oxygen atoms in total. The lowest BCUT2D eigenvalue weighted by molar-refractivity contribution is -0.119. The van der Waals surface area contributed by atoms with Gasteiger partial charge in [-0.2, -0.15) is 0 Å². The molecule has 0 radical (unpaired) electrons. The van der Waals surface area contributed by atoms with Crippen molar-refractivity contribution in [2.45, 2.75) is 26.2 Å². The molecule has 0 N–H and O–H groups in total. The molecule has 1 aromatic rings. The maximum atomic E-state index is 12.7. The molecular weight excluding hydrogens is 203 g/mol. The average molecular weight is 215 g/mol. The molecule has 0 saturated carbocycles. The van der Waals surface area contributed by atoms with Gasteiger partial charge in [0.15, 0.2) is 0 Å². The monoisotopic (exact) mass is 214 g/mol. The Morgan fingerprint density at radius 2 is 2.21 bits per heavy atom. The van der Waals surface area contributed by atoms with E-state index in [-0.39, 0.29) is 17.5 Å². The molecule has 0 amide bonds. The normalized spacial score (nSPS) is 12.6. The Labute approximate surface area is 87.9 Å². The maximum absolute atomic E-state index is 12.7. The van der Waals surface area contributed by atoms with E-state index in [1.807, 2.05) is 0 Å². The van der Waals surface area contributed by atoms with Crippen LogP contribution in [-0.4, -0.2) is 5.78 Å². The van der Waals surface area contributed by atoms with Crippen molar-refractivity contribution in [2.75, 3.05) is 0 Å². The van der Waals surface area contributed by atoms with Crippen molar-refractivity contribution in [2.24, 2.45) is 0 Å². The van der Waals surface area contributed by atoms with Crippen molar-refractivity contribution in [1.29, 1.82) is 0 Å². The lowest BCUT2D eigenvalue weighted by Gasteiger charge is -2.11. The highest BCUT2D eigenvalue weighted by molar-refractivity contribution is 6.31. The fraction of sp³-hybridized carbons (Fsp3) is 0.364. The Morgan fingerprint density at radius 1 is 1.57 bits per heavy atom. The molecule has 0 bridgehead atoms. The standard InChI is InChI=1S/C11H12ClFO/c1-3-11(14)7(2)9-5-4-8(13)6-10(9)12/h4-7H,3H2,1-2H3. The molecule has 0 heterocycles. The van der Waals surface area contributed by atoms with Crippen LogP contribution in [0.1, 0.15) is 31.7 Å². The third-order valence-corrected chi connectivity index (χ3v) is 2.59. The summed E-state index contributed by atoms with van der Waals surface area (Å²) in [5, 5.41) is 0.319. The summed E-state index contributed by atoms with van der Waals surface area (Å²) in [4.78, 5) is 11.4. The van der Waals surface area contributed by atoms with Crippen molar-refractivity contribution >= 4 is 17.4 Å². The van der Waals surface area contributed by atoms with Crippen LogP contribution in [0.25, 0.3) is 0 Å². The molecule has 0 spiro atoms. The molecule has 76 valence electrons. The SMILES string of the molecule is CCC(=O)C(C)c1ccc(F)cc1Cl. The highest BCUT2D eigenvalue weighted by Crippen LogP contribution is 2.26. The van der Waals surface area contributed by atoms with Gasteiger partial charge in [-0.3, -0.25) is 4.79 Å². The molecular formula is C11H12ClFO. The molecule has 0 aliphatic carbocycles. The number of benzene rings is 1. The number of hydrogen-bond donors (Lipinski definition) is 0. The molecule has 14 heavy (non-hydrogen) atoms. The van der Waals surface area contributed by atoms with Gasteiger partial charge in [-0.25, -0.2) is 4.39 Å². The molecule has 0 aliphatic heterocycles. The highest BCUT2D eigenvalue weighted by atomic mass is 35.5. The number of halogens is 2. The highest BCUT2D eigenvalue weighted by Gasteiger charge is 2.16. The van der Waals surface area contributed by atoms with Crippen LogP contribution in [0.15, 0.2) is 18.2 Å². The zero-order valence-electron chi connectivity index (χ0n) is 8.18. The van der Waals surface area contributed by atoms with E-state index < -0.39 is 0 Å². The predicted molar refractivity (Wildman–Crippen MR) is 55.1 cm³/mol. The second-order valence-electron chi connectivity index (χ2n) is 3.21. The molecule has 0 aliphatic rings. The fourth-order valence-electron chi connectivity index (χ4n) is 1.33. The predicted octanol–water partition coefficient (Wildman–Crippen LogP) is 3.56. The minimum absolute atomic E-state index is 0.110. The van der Waals surface area contributed by atoms with E-state index in [1.165, 1.54) is 12.1 Å². The van der Waals surface area contributed by atoms with Crippen LogP contribution in [0.5, 0.6) is 0 Å². The van der Waals surface area contributed by atoms with Gasteiger partial charge in [0.05, 0.1) is 0 Å². The van der Waals surface area contributed by atoms with E-state index >= 15 is 0 Å². The zero-order valence-corrected chi connectivity index (χ0v) is 8.94. The largest absolute Gasteiger partial charge is 0.299 e. The second kappa shape index (κ2) is 4.56. The molecule has 0 aromatic heterocycles. The summed E-state index contributed by atoms with van der Waals surface area (Å²) in [6.45, 7) is 3.58. The van der Waals surface area contributed by atoms with Crippen LogP contribution in [0.2, 0.25) is 5.02 Å². The van der Waals surface area contributed by atoms with Crippen LogP contribution in [-0.2, 0) is 4.79 Å². The molecule has 1 unspecified atom stereocenters. The summed E-state index contributed by atoms with van der Waals surface area (Å²) < 4.78 is 12.7. The van der Waals surface area contributed by atoms with Crippen molar-refractivity contribution in [1.82, 2.24) is 0 Å². The summed E-state index contributed by atoms with van der Waals surface area (Å²) >= 11 is 5.83. The van der Waals surface area contributed by atoms with Crippen LogP contribution in [0, 0.1) is 5.82 Å². The van der Waals surface area contributed by atoms with Crippen LogP contribution in [0.3, 0.4) is 0 Å². The van der Waals surface area contributed by atoms with Gasteiger partial charge in [0, 0.05) is 17.4 Å². The molecule has 1 rings (SSSR count). The Morgan fingerprint density at radius 3 is 2.71 bits per heavy atom. The second-order valence-corrected chi connectivity index (χ2v) is 3.61. The van der Waals surface area contributed by atoms with Gasteiger partial charge in [0.1, 0.15) is 11.6 Å². The first-order chi connectivity index (χ1) is 6.56. The number of ketones is 1. The minimum atomic E-state index is -0.380. The van der Waals surface area contributed by atoms with E-state index in [2.05, 4.69) is 0 Å². The molecule has 1 atom stereocenters. The molecule has 0 fully saturated rings. The molecule has 1 aromatic carbocycles. The Balaban J connectivity index is 3.01. The third kappa shape index (κ3) is 2.32. The third-order valence-electron chi connectivity index (χ3n) is 2.26. The summed E-state index contributed by atoms with van der Waals surface area (Å²) in [5.41, 5.74) is 0.694. The first kappa shape index (κ1) is 11.2. The summed E-state index contributed by atoms with van der Waals surface area (Å²) in [6, 6.07) is 4.12. The van der Waals surface area contributed by atoms with Gasteiger partial charge in [0.25, 0.3) is 0 Å². The number of carbonyl (C=O) groups excluding carboxylic acids is 1. The first-order valence-electron chi connectivity index (χ1n) is 4.54. The summed E-state index contributed by atoms with van der Waals surface area (Å²) in [6.07, 6.45) is 0.467. The van der Waals surface area contributed by atoms with Gasteiger partial charge in [-0.05, 0) is 17.7 Å². The van der Waals surface area contributed by atoms with E-state index in [1.54, 1.807) is 19.9 Å². The van der Waals surface area contributed by atoms with E-state index in [9.17, 15) is 9.18 Å². The quantitative estimate of drug-likeness (QED) is 0.752. The first-order valence-corrected chi connectivity index (χ1v) is 4.91. The lowest BCUT2D eigenvalue weighted by Crippen LogP contribution is -2.08. The maximum Gasteiger partial charge on any atom is 0.139 e. The van der Waals surface area contributed by atoms with Crippen molar-refractivity contribution < 1.29 is 9.18 Å². The number of Topliss-reactive ketones (excluding diaryl/α,β-unsaturated/α-hetero) is 1.